The number of benzene rings is 2. The normalized spacial score (nSPS) is 12.0. The molecule has 19 heavy (non-hydrogen) atoms. The zero-order valence-corrected chi connectivity index (χ0v) is 10.8. The zero-order chi connectivity index (χ0) is 13.8. The molecule has 0 aliphatic heterocycles. The molecular formula is C15H15FO3. The highest BCUT2D eigenvalue weighted by Gasteiger charge is 2.08. The van der Waals surface area contributed by atoms with Crippen molar-refractivity contribution in [1.29, 1.82) is 0 Å². The highest BCUT2D eigenvalue weighted by atomic mass is 19.1. The first-order chi connectivity index (χ1) is 9.10. The van der Waals surface area contributed by atoms with Crippen molar-refractivity contribution in [3.8, 4) is 17.2 Å². The predicted octanol–water partition coefficient (Wildman–Crippen LogP) is 3.68. The van der Waals surface area contributed by atoms with E-state index in [9.17, 15) is 9.50 Å². The molecular weight excluding hydrogens is 247 g/mol. The van der Waals surface area contributed by atoms with E-state index in [1.807, 2.05) is 0 Å². The molecule has 0 aromatic heterocycles. The number of rotatable bonds is 4. The standard InChI is InChI=1S/C15H15FO3/c1-10(17)11-3-8-15(14(16)9-11)19-13-6-4-12(18-2)5-7-13/h3-10,17H,1-2H3. The molecule has 100 valence electrons. The third kappa shape index (κ3) is 3.23. The predicted molar refractivity (Wildman–Crippen MR) is 70.1 cm³/mol. The van der Waals surface area contributed by atoms with E-state index in [1.165, 1.54) is 12.1 Å². The molecule has 2 aromatic carbocycles. The van der Waals surface area contributed by atoms with Crippen molar-refractivity contribution in [1.82, 2.24) is 0 Å². The van der Waals surface area contributed by atoms with E-state index in [4.69, 9.17) is 9.47 Å². The maximum atomic E-state index is 13.8. The van der Waals surface area contributed by atoms with Gasteiger partial charge >= 0.3 is 0 Å². The second-order valence-corrected chi connectivity index (χ2v) is 4.14. The number of hydrogen-bond acceptors (Lipinski definition) is 3. The molecule has 0 amide bonds. The van der Waals surface area contributed by atoms with Crippen molar-refractivity contribution in [2.24, 2.45) is 0 Å². The van der Waals surface area contributed by atoms with Crippen LogP contribution in [0.4, 0.5) is 4.39 Å². The maximum Gasteiger partial charge on any atom is 0.166 e. The van der Waals surface area contributed by atoms with Gasteiger partial charge in [-0.25, -0.2) is 4.39 Å². The first kappa shape index (κ1) is 13.4. The molecule has 0 saturated heterocycles. The lowest BCUT2D eigenvalue weighted by Crippen LogP contribution is -1.94. The minimum atomic E-state index is -0.704. The molecule has 0 heterocycles. The van der Waals surface area contributed by atoms with Crippen LogP contribution in [-0.2, 0) is 0 Å². The minimum absolute atomic E-state index is 0.120. The van der Waals surface area contributed by atoms with Crippen LogP contribution in [0.5, 0.6) is 17.2 Å². The quantitative estimate of drug-likeness (QED) is 0.913. The summed E-state index contributed by atoms with van der Waals surface area (Å²) in [7, 11) is 1.57. The van der Waals surface area contributed by atoms with Crippen LogP contribution in [0.3, 0.4) is 0 Å². The van der Waals surface area contributed by atoms with Gasteiger partial charge in [0, 0.05) is 0 Å². The average Bonchev–Trinajstić information content (AvgIpc) is 2.41. The summed E-state index contributed by atoms with van der Waals surface area (Å²) in [5.41, 5.74) is 0.514. The minimum Gasteiger partial charge on any atom is -0.497 e. The number of halogens is 1. The Morgan fingerprint density at radius 3 is 2.21 bits per heavy atom. The number of aliphatic hydroxyl groups excluding tert-OH is 1. The van der Waals surface area contributed by atoms with Crippen molar-refractivity contribution in [2.45, 2.75) is 13.0 Å². The summed E-state index contributed by atoms with van der Waals surface area (Å²) in [6, 6.07) is 11.3. The van der Waals surface area contributed by atoms with E-state index < -0.39 is 11.9 Å². The molecule has 0 spiro atoms. The Bertz CT molecular complexity index is 550. The van der Waals surface area contributed by atoms with Gasteiger partial charge in [-0.2, -0.15) is 0 Å². The summed E-state index contributed by atoms with van der Waals surface area (Å²) >= 11 is 0. The molecule has 2 rings (SSSR count). The highest BCUT2D eigenvalue weighted by molar-refractivity contribution is 5.37. The van der Waals surface area contributed by atoms with Crippen molar-refractivity contribution in [2.75, 3.05) is 7.11 Å². The fraction of sp³-hybridized carbons (Fsp3) is 0.200. The number of aliphatic hydroxyl groups is 1. The number of methoxy groups -OCH3 is 1. The second kappa shape index (κ2) is 5.71. The molecule has 1 atom stereocenters. The van der Waals surface area contributed by atoms with E-state index in [0.717, 1.165) is 0 Å². The molecule has 4 heteroatoms. The van der Waals surface area contributed by atoms with E-state index in [1.54, 1.807) is 44.4 Å². The van der Waals surface area contributed by atoms with Gasteiger partial charge in [0.05, 0.1) is 13.2 Å². The first-order valence-corrected chi connectivity index (χ1v) is 5.89. The Labute approximate surface area is 111 Å². The summed E-state index contributed by atoms with van der Waals surface area (Å²) in [4.78, 5) is 0. The summed E-state index contributed by atoms with van der Waals surface area (Å²) in [6.07, 6.45) is -0.704. The molecule has 0 aliphatic rings. The van der Waals surface area contributed by atoms with E-state index in [-0.39, 0.29) is 5.75 Å². The van der Waals surface area contributed by atoms with Crippen LogP contribution in [0.2, 0.25) is 0 Å². The third-order valence-corrected chi connectivity index (χ3v) is 2.73. The van der Waals surface area contributed by atoms with Gasteiger partial charge in [-0.05, 0) is 48.9 Å². The summed E-state index contributed by atoms with van der Waals surface area (Å²) in [5, 5.41) is 9.37. The number of hydrogen-bond donors (Lipinski definition) is 1. The lowest BCUT2D eigenvalue weighted by molar-refractivity contribution is 0.198. The van der Waals surface area contributed by atoms with Gasteiger partial charge in [-0.3, -0.25) is 0 Å². The smallest absolute Gasteiger partial charge is 0.166 e. The van der Waals surface area contributed by atoms with Crippen LogP contribution < -0.4 is 9.47 Å². The van der Waals surface area contributed by atoms with Crippen molar-refractivity contribution < 1.29 is 19.0 Å². The largest absolute Gasteiger partial charge is 0.497 e. The van der Waals surface area contributed by atoms with Crippen LogP contribution in [0, 0.1) is 5.82 Å². The van der Waals surface area contributed by atoms with E-state index in [2.05, 4.69) is 0 Å². The third-order valence-electron chi connectivity index (χ3n) is 2.73. The van der Waals surface area contributed by atoms with Crippen molar-refractivity contribution >= 4 is 0 Å². The van der Waals surface area contributed by atoms with Crippen LogP contribution >= 0.6 is 0 Å². The SMILES string of the molecule is COc1ccc(Oc2ccc(C(C)O)cc2F)cc1. The summed E-state index contributed by atoms with van der Waals surface area (Å²) < 4.78 is 24.2. The van der Waals surface area contributed by atoms with Crippen molar-refractivity contribution in [3.05, 3.63) is 53.8 Å². The van der Waals surface area contributed by atoms with Crippen molar-refractivity contribution in [3.63, 3.8) is 0 Å². The Morgan fingerprint density at radius 2 is 1.68 bits per heavy atom. The fourth-order valence-electron chi connectivity index (χ4n) is 1.63. The Kier molecular flexibility index (Phi) is 4.02. The van der Waals surface area contributed by atoms with Gasteiger partial charge in [0.25, 0.3) is 0 Å². The molecule has 0 aliphatic carbocycles. The van der Waals surface area contributed by atoms with Crippen LogP contribution in [0.1, 0.15) is 18.6 Å². The van der Waals surface area contributed by atoms with Crippen LogP contribution in [0.15, 0.2) is 42.5 Å². The second-order valence-electron chi connectivity index (χ2n) is 4.14. The zero-order valence-electron chi connectivity index (χ0n) is 10.8. The molecule has 2 aromatic rings. The van der Waals surface area contributed by atoms with Gasteiger partial charge in [0.1, 0.15) is 11.5 Å². The molecule has 1 unspecified atom stereocenters. The Balaban J connectivity index is 2.18. The molecule has 3 nitrogen and oxygen atoms in total. The molecule has 0 bridgehead atoms. The lowest BCUT2D eigenvalue weighted by atomic mass is 10.1. The molecule has 1 N–H and O–H groups in total. The monoisotopic (exact) mass is 262 g/mol. The first-order valence-electron chi connectivity index (χ1n) is 5.89. The van der Waals surface area contributed by atoms with Crippen LogP contribution in [0.25, 0.3) is 0 Å². The van der Waals surface area contributed by atoms with Gasteiger partial charge in [0.15, 0.2) is 11.6 Å². The van der Waals surface area contributed by atoms with Gasteiger partial charge in [-0.1, -0.05) is 6.07 Å². The summed E-state index contributed by atoms with van der Waals surface area (Å²) in [5.74, 6) is 0.838. The van der Waals surface area contributed by atoms with Gasteiger partial charge in [0.2, 0.25) is 0 Å². The highest BCUT2D eigenvalue weighted by Crippen LogP contribution is 2.28. The summed E-state index contributed by atoms with van der Waals surface area (Å²) in [6.45, 7) is 1.58. The topological polar surface area (TPSA) is 38.7 Å². The van der Waals surface area contributed by atoms with E-state index in [0.29, 0.717) is 17.1 Å². The average molecular weight is 262 g/mol. The fourth-order valence-corrected chi connectivity index (χ4v) is 1.63. The van der Waals surface area contributed by atoms with Crippen LogP contribution in [-0.4, -0.2) is 12.2 Å². The Hall–Kier alpha value is -2.07. The van der Waals surface area contributed by atoms with E-state index >= 15 is 0 Å². The molecule has 0 radical (unpaired) electrons. The Morgan fingerprint density at radius 1 is 1.05 bits per heavy atom. The lowest BCUT2D eigenvalue weighted by Gasteiger charge is -2.10. The maximum absolute atomic E-state index is 13.8. The molecule has 0 fully saturated rings. The van der Waals surface area contributed by atoms with Gasteiger partial charge in [-0.15, -0.1) is 0 Å². The number of ether oxygens (including phenoxy) is 2. The molecule has 0 saturated carbocycles. The van der Waals surface area contributed by atoms with Gasteiger partial charge < -0.3 is 14.6 Å².